The Morgan fingerprint density at radius 2 is 1.76 bits per heavy atom. The molecule has 1 heterocycles. The number of carbonyl (C=O) groups is 3. The topological polar surface area (TPSA) is 157 Å². The number of aliphatic hydroxyl groups excluding tert-OH is 1. The molecule has 1 unspecified atom stereocenters. The van der Waals surface area contributed by atoms with E-state index in [9.17, 15) is 29.6 Å². The highest BCUT2D eigenvalue weighted by molar-refractivity contribution is 6.46. The third-order valence-corrected chi connectivity index (χ3v) is 5.42. The minimum absolute atomic E-state index is 0.0617. The predicted octanol–water partition coefficient (Wildman–Crippen LogP) is 2.90. The summed E-state index contributed by atoms with van der Waals surface area (Å²) in [6, 6.07) is 8.54. The van der Waals surface area contributed by atoms with Gasteiger partial charge >= 0.3 is 5.97 Å². The summed E-state index contributed by atoms with van der Waals surface area (Å²) < 4.78 is 10.6. The lowest BCUT2D eigenvalue weighted by molar-refractivity contribution is -0.384. The van der Waals surface area contributed by atoms with Gasteiger partial charge in [-0.25, -0.2) is 0 Å². The van der Waals surface area contributed by atoms with Crippen molar-refractivity contribution in [3.63, 3.8) is 0 Å². The van der Waals surface area contributed by atoms with E-state index in [1.54, 1.807) is 18.2 Å². The van der Waals surface area contributed by atoms with E-state index in [4.69, 9.17) is 14.6 Å². The smallest absolute Gasteiger partial charge is 0.303 e. The number of ether oxygens (including phenoxy) is 2. The lowest BCUT2D eigenvalue weighted by Crippen LogP contribution is -2.31. The van der Waals surface area contributed by atoms with Crippen LogP contribution in [0, 0.1) is 10.1 Å². The largest absolute Gasteiger partial charge is 0.507 e. The number of non-ortho nitro benzene ring substituents is 1. The number of aliphatic carboxylic acids is 1. The van der Waals surface area contributed by atoms with Crippen LogP contribution in [-0.4, -0.2) is 58.5 Å². The third-order valence-electron chi connectivity index (χ3n) is 5.42. The second-order valence-corrected chi connectivity index (χ2v) is 7.40. The molecular weight excluding hydrogens is 448 g/mol. The molecule has 178 valence electrons. The van der Waals surface area contributed by atoms with Crippen molar-refractivity contribution in [1.29, 1.82) is 0 Å². The van der Waals surface area contributed by atoms with Gasteiger partial charge < -0.3 is 24.6 Å². The van der Waals surface area contributed by atoms with Gasteiger partial charge in [-0.1, -0.05) is 0 Å². The summed E-state index contributed by atoms with van der Waals surface area (Å²) in [5, 5.41) is 30.9. The number of benzene rings is 2. The molecule has 2 N–H and O–H groups in total. The monoisotopic (exact) mass is 470 g/mol. The Bertz CT molecular complexity index is 1170. The first-order valence-electron chi connectivity index (χ1n) is 10.2. The van der Waals surface area contributed by atoms with Gasteiger partial charge in [-0.3, -0.25) is 24.5 Å². The molecule has 11 nitrogen and oxygen atoms in total. The lowest BCUT2D eigenvalue weighted by atomic mass is 9.94. The minimum atomic E-state index is -1.08. The number of hydrogen-bond acceptors (Lipinski definition) is 8. The number of nitro groups is 1. The first-order chi connectivity index (χ1) is 16.2. The van der Waals surface area contributed by atoms with Gasteiger partial charge in [0.05, 0.1) is 30.8 Å². The van der Waals surface area contributed by atoms with Crippen LogP contribution in [0.2, 0.25) is 0 Å². The molecule has 11 heteroatoms. The first-order valence-corrected chi connectivity index (χ1v) is 10.2. The van der Waals surface area contributed by atoms with Gasteiger partial charge in [-0.15, -0.1) is 0 Å². The number of Topliss-reactive ketones (excluding diaryl/α,β-unsaturated/α-hetero) is 1. The maximum absolute atomic E-state index is 13.0. The van der Waals surface area contributed by atoms with E-state index in [2.05, 4.69) is 0 Å². The molecule has 0 aliphatic carbocycles. The van der Waals surface area contributed by atoms with Gasteiger partial charge in [0, 0.05) is 42.3 Å². The van der Waals surface area contributed by atoms with Crippen LogP contribution in [0.15, 0.2) is 48.0 Å². The van der Waals surface area contributed by atoms with E-state index >= 15 is 0 Å². The van der Waals surface area contributed by atoms with Gasteiger partial charge in [0.25, 0.3) is 17.4 Å². The van der Waals surface area contributed by atoms with Crippen LogP contribution in [0.5, 0.6) is 11.5 Å². The number of aliphatic hydroxyl groups is 1. The summed E-state index contributed by atoms with van der Waals surface area (Å²) in [5.41, 5.74) is 0.0320. The molecule has 0 radical (unpaired) electrons. The lowest BCUT2D eigenvalue weighted by Gasteiger charge is -2.26. The number of rotatable bonds is 9. The fraction of sp³-hybridized carbons (Fsp3) is 0.261. The first kappa shape index (κ1) is 24.2. The van der Waals surface area contributed by atoms with Crippen molar-refractivity contribution < 1.29 is 39.0 Å². The SMILES string of the molecule is COc1ccc(C2/C(=C(\O)c3ccc([N+](=O)[O-])cc3)C(=O)C(=O)N2CCCC(=O)O)c(OC)c1. The van der Waals surface area contributed by atoms with E-state index in [0.29, 0.717) is 11.3 Å². The zero-order chi connectivity index (χ0) is 25.0. The number of methoxy groups -OCH3 is 2. The van der Waals surface area contributed by atoms with Gasteiger partial charge in [0.15, 0.2) is 0 Å². The third kappa shape index (κ3) is 4.68. The Hall–Kier alpha value is -4.41. The highest BCUT2D eigenvalue weighted by Gasteiger charge is 2.47. The summed E-state index contributed by atoms with van der Waals surface area (Å²) in [6.07, 6.45) is -0.146. The average molecular weight is 470 g/mol. The Kier molecular flexibility index (Phi) is 7.15. The van der Waals surface area contributed by atoms with Gasteiger partial charge in [0.2, 0.25) is 0 Å². The molecule has 0 bridgehead atoms. The molecule has 2 aromatic carbocycles. The Balaban J connectivity index is 2.17. The van der Waals surface area contributed by atoms with Crippen molar-refractivity contribution in [3.05, 3.63) is 69.3 Å². The van der Waals surface area contributed by atoms with E-state index in [-0.39, 0.29) is 42.0 Å². The summed E-state index contributed by atoms with van der Waals surface area (Å²) >= 11 is 0. The minimum Gasteiger partial charge on any atom is -0.507 e. The highest BCUT2D eigenvalue weighted by Crippen LogP contribution is 2.43. The molecule has 3 rings (SSSR count). The number of ketones is 1. The summed E-state index contributed by atoms with van der Waals surface area (Å²) in [7, 11) is 2.85. The summed E-state index contributed by atoms with van der Waals surface area (Å²) in [6.45, 7) is -0.0617. The molecule has 1 amide bonds. The fourth-order valence-electron chi connectivity index (χ4n) is 3.78. The van der Waals surface area contributed by atoms with Crippen molar-refractivity contribution in [3.8, 4) is 11.5 Å². The number of carboxylic acid groups (broad SMARTS) is 1. The number of amides is 1. The van der Waals surface area contributed by atoms with Crippen molar-refractivity contribution >= 4 is 29.1 Å². The van der Waals surface area contributed by atoms with Crippen molar-refractivity contribution in [2.75, 3.05) is 20.8 Å². The molecular formula is C23H22N2O9. The standard InChI is InChI=1S/C23H22N2O9/c1-33-15-9-10-16(17(12-15)34-2)20-19(21(28)13-5-7-14(8-6-13)25(31)32)22(29)23(30)24(20)11-3-4-18(26)27/h5-10,12,20,28H,3-4,11H2,1-2H3,(H,26,27)/b21-19+. The molecule has 1 atom stereocenters. The number of carboxylic acids is 1. The van der Waals surface area contributed by atoms with Crippen LogP contribution >= 0.6 is 0 Å². The van der Waals surface area contributed by atoms with Crippen LogP contribution in [0.1, 0.15) is 30.0 Å². The van der Waals surface area contributed by atoms with Gasteiger partial charge in [0.1, 0.15) is 17.3 Å². The zero-order valence-corrected chi connectivity index (χ0v) is 18.4. The van der Waals surface area contributed by atoms with E-state index in [1.165, 1.54) is 43.4 Å². The van der Waals surface area contributed by atoms with E-state index in [0.717, 1.165) is 0 Å². The maximum atomic E-state index is 13.0. The molecule has 0 spiro atoms. The van der Waals surface area contributed by atoms with Gasteiger partial charge in [-0.05, 0) is 30.7 Å². The van der Waals surface area contributed by atoms with Crippen LogP contribution in [0.25, 0.3) is 5.76 Å². The van der Waals surface area contributed by atoms with Crippen molar-refractivity contribution in [2.45, 2.75) is 18.9 Å². The normalized spacial score (nSPS) is 17.0. The number of likely N-dealkylation sites (tertiary alicyclic amines) is 1. The van der Waals surface area contributed by atoms with Crippen molar-refractivity contribution in [2.24, 2.45) is 0 Å². The quantitative estimate of drug-likeness (QED) is 0.185. The molecule has 1 aliphatic heterocycles. The summed E-state index contributed by atoms with van der Waals surface area (Å²) in [5.74, 6) is -2.70. The van der Waals surface area contributed by atoms with Crippen LogP contribution < -0.4 is 9.47 Å². The number of carbonyl (C=O) groups excluding carboxylic acids is 2. The molecule has 1 aliphatic rings. The zero-order valence-electron chi connectivity index (χ0n) is 18.4. The molecule has 34 heavy (non-hydrogen) atoms. The van der Waals surface area contributed by atoms with Crippen LogP contribution in [0.4, 0.5) is 5.69 Å². The summed E-state index contributed by atoms with van der Waals surface area (Å²) in [4.78, 5) is 48.4. The molecule has 0 aromatic heterocycles. The molecule has 2 aromatic rings. The van der Waals surface area contributed by atoms with E-state index in [1.807, 2.05) is 0 Å². The predicted molar refractivity (Wildman–Crippen MR) is 119 cm³/mol. The second-order valence-electron chi connectivity index (χ2n) is 7.40. The second kappa shape index (κ2) is 10.0. The number of nitro benzene ring substituents is 1. The van der Waals surface area contributed by atoms with Crippen LogP contribution in [0.3, 0.4) is 0 Å². The maximum Gasteiger partial charge on any atom is 0.303 e. The molecule has 1 fully saturated rings. The Morgan fingerprint density at radius 1 is 1.09 bits per heavy atom. The molecule has 1 saturated heterocycles. The van der Waals surface area contributed by atoms with E-state index < -0.39 is 34.4 Å². The fourth-order valence-corrected chi connectivity index (χ4v) is 3.78. The average Bonchev–Trinajstić information content (AvgIpc) is 3.07. The van der Waals surface area contributed by atoms with Crippen LogP contribution in [-0.2, 0) is 14.4 Å². The Morgan fingerprint density at radius 3 is 2.32 bits per heavy atom. The molecule has 0 saturated carbocycles. The van der Waals surface area contributed by atoms with Gasteiger partial charge in [-0.2, -0.15) is 0 Å². The number of hydrogen-bond donors (Lipinski definition) is 2. The Labute approximate surface area is 194 Å². The van der Waals surface area contributed by atoms with Crippen molar-refractivity contribution in [1.82, 2.24) is 4.90 Å². The number of nitrogens with zero attached hydrogens (tertiary/aromatic N) is 2. The highest BCUT2D eigenvalue weighted by atomic mass is 16.6.